The molecule has 1 aliphatic carbocycles. The van der Waals surface area contributed by atoms with Crippen LogP contribution in [-0.4, -0.2) is 30.3 Å². The van der Waals surface area contributed by atoms with Crippen molar-refractivity contribution in [2.75, 3.05) is 0 Å². The van der Waals surface area contributed by atoms with Crippen molar-refractivity contribution in [3.05, 3.63) is 89.5 Å². The number of hydrogen-bond donors (Lipinski definition) is 0. The molecule has 2 unspecified atom stereocenters. The van der Waals surface area contributed by atoms with E-state index in [0.29, 0.717) is 24.8 Å². The van der Waals surface area contributed by atoms with E-state index in [0.717, 1.165) is 48.1 Å². The van der Waals surface area contributed by atoms with Crippen LogP contribution in [0.25, 0.3) is 11.1 Å². The lowest BCUT2D eigenvalue weighted by Crippen LogP contribution is -2.39. The van der Waals surface area contributed by atoms with Crippen LogP contribution in [0.15, 0.2) is 72.8 Å². The molecule has 0 radical (unpaired) electrons. The van der Waals surface area contributed by atoms with Gasteiger partial charge in [0.25, 0.3) is 0 Å². The number of esters is 2. The molecule has 8 heteroatoms. The molecule has 260 valence electrons. The number of fused-ring (bicyclic) bond motifs is 1. The number of aryl methyl sites for hydroxylation is 1. The highest BCUT2D eigenvalue weighted by Crippen LogP contribution is 2.40. The van der Waals surface area contributed by atoms with Gasteiger partial charge in [-0.05, 0) is 92.0 Å². The van der Waals surface area contributed by atoms with Crippen LogP contribution in [-0.2, 0) is 20.7 Å². The molecule has 0 N–H and O–H groups in total. The Labute approximate surface area is 283 Å². The van der Waals surface area contributed by atoms with E-state index in [2.05, 4.69) is 13.8 Å². The van der Waals surface area contributed by atoms with Crippen LogP contribution in [0.1, 0.15) is 119 Å². The highest BCUT2D eigenvalue weighted by molar-refractivity contribution is 5.90. The summed E-state index contributed by atoms with van der Waals surface area (Å²) >= 11 is 0. The topological polar surface area (TPSA) is 61.8 Å². The quantitative estimate of drug-likeness (QED) is 0.106. The van der Waals surface area contributed by atoms with E-state index in [1.54, 1.807) is 24.3 Å². The average Bonchev–Trinajstić information content (AvgIpc) is 3.08. The zero-order valence-corrected chi connectivity index (χ0v) is 28.4. The van der Waals surface area contributed by atoms with Crippen molar-refractivity contribution in [1.29, 1.82) is 0 Å². The van der Waals surface area contributed by atoms with Crippen LogP contribution in [0.3, 0.4) is 0 Å². The summed E-state index contributed by atoms with van der Waals surface area (Å²) in [4.78, 5) is 26.7. The number of carbonyl (C=O) groups is 2. The number of halogens is 3. The second-order valence-electron chi connectivity index (χ2n) is 12.9. The predicted octanol–water partition coefficient (Wildman–Crippen LogP) is 11.0. The van der Waals surface area contributed by atoms with Gasteiger partial charge in [-0.15, -0.1) is 0 Å². The van der Waals surface area contributed by atoms with Crippen LogP contribution >= 0.6 is 0 Å². The summed E-state index contributed by atoms with van der Waals surface area (Å²) in [6.45, 7) is 6.26. The van der Waals surface area contributed by atoms with Crippen LogP contribution < -0.4 is 4.74 Å². The van der Waals surface area contributed by atoms with Gasteiger partial charge >= 0.3 is 18.1 Å². The Bertz CT molecular complexity index is 1430. The van der Waals surface area contributed by atoms with Crippen LogP contribution in [0.4, 0.5) is 13.2 Å². The lowest BCUT2D eigenvalue weighted by Gasteiger charge is -2.33. The van der Waals surface area contributed by atoms with Crippen molar-refractivity contribution >= 4 is 11.9 Å². The van der Waals surface area contributed by atoms with Gasteiger partial charge in [-0.3, -0.25) is 4.79 Å². The van der Waals surface area contributed by atoms with Gasteiger partial charge in [-0.25, -0.2) is 4.79 Å². The molecule has 0 spiro atoms. The minimum atomic E-state index is -4.68. The molecule has 3 aromatic carbocycles. The summed E-state index contributed by atoms with van der Waals surface area (Å²) < 4.78 is 58.6. The Balaban J connectivity index is 1.43. The third-order valence-corrected chi connectivity index (χ3v) is 9.04. The Morgan fingerprint density at radius 2 is 1.40 bits per heavy atom. The smallest absolute Gasteiger partial charge is 0.425 e. The monoisotopic (exact) mass is 666 g/mol. The van der Waals surface area contributed by atoms with Crippen LogP contribution in [0.5, 0.6) is 5.75 Å². The van der Waals surface area contributed by atoms with Gasteiger partial charge in [0.15, 0.2) is 6.10 Å². The molecule has 5 nitrogen and oxygen atoms in total. The van der Waals surface area contributed by atoms with Crippen LogP contribution in [0.2, 0.25) is 0 Å². The highest BCUT2D eigenvalue weighted by atomic mass is 19.4. The fraction of sp³-hybridized carbons (Fsp3) is 0.500. The number of hydrogen-bond acceptors (Lipinski definition) is 5. The van der Waals surface area contributed by atoms with Gasteiger partial charge in [0.05, 0.1) is 17.6 Å². The molecule has 0 aliphatic heterocycles. The maximum atomic E-state index is 13.8. The molecule has 0 amide bonds. The minimum Gasteiger partial charge on any atom is -0.491 e. The summed E-state index contributed by atoms with van der Waals surface area (Å²) in [6, 6.07) is 22.0. The molecule has 0 aromatic heterocycles. The number of ether oxygens (including phenoxy) is 3. The van der Waals surface area contributed by atoms with E-state index < -0.39 is 36.2 Å². The molecule has 0 saturated heterocycles. The molecule has 1 aliphatic rings. The van der Waals surface area contributed by atoms with Crippen molar-refractivity contribution in [2.24, 2.45) is 5.92 Å². The zero-order chi connectivity index (χ0) is 34.5. The molecular formula is C40H49F3O5. The van der Waals surface area contributed by atoms with Gasteiger partial charge in [0, 0.05) is 0 Å². The molecule has 3 aromatic rings. The molecule has 0 bridgehead atoms. The third kappa shape index (κ3) is 10.6. The third-order valence-electron chi connectivity index (χ3n) is 9.04. The number of carbonyl (C=O) groups excluding carboxylic acids is 2. The lowest BCUT2D eigenvalue weighted by molar-refractivity contribution is -0.227. The normalized spacial score (nSPS) is 17.2. The maximum absolute atomic E-state index is 13.8. The number of rotatable bonds is 17. The van der Waals surface area contributed by atoms with Crippen molar-refractivity contribution in [2.45, 2.75) is 122 Å². The Morgan fingerprint density at radius 3 is 2.02 bits per heavy atom. The summed E-state index contributed by atoms with van der Waals surface area (Å²) in [5, 5.41) is 0. The Hall–Kier alpha value is -3.81. The first kappa shape index (κ1) is 37.0. The van der Waals surface area contributed by atoms with Gasteiger partial charge in [0.1, 0.15) is 11.9 Å². The van der Waals surface area contributed by atoms with E-state index in [9.17, 15) is 22.8 Å². The van der Waals surface area contributed by atoms with E-state index in [1.165, 1.54) is 19.3 Å². The first-order valence-corrected chi connectivity index (χ1v) is 17.5. The highest BCUT2D eigenvalue weighted by Gasteiger charge is 2.45. The van der Waals surface area contributed by atoms with Gasteiger partial charge in [-0.2, -0.15) is 13.2 Å². The van der Waals surface area contributed by atoms with E-state index >= 15 is 0 Å². The zero-order valence-electron chi connectivity index (χ0n) is 28.4. The van der Waals surface area contributed by atoms with E-state index in [4.69, 9.17) is 14.2 Å². The molecule has 4 rings (SSSR count). The van der Waals surface area contributed by atoms with E-state index in [-0.39, 0.29) is 24.5 Å². The summed E-state index contributed by atoms with van der Waals surface area (Å²) in [5.74, 6) is -1.90. The standard InChI is InChI=1S/C40H49F3O5/c1-4-6-8-10-14-28(3)46-33-25-22-30(23-26-33)29-18-20-32(21-19-29)38(44)48-37-34-16-13-12-15-31(34)24-27-35(37)39(45)47-36(40(41,42)43)17-11-9-7-5-2/h12-13,15-16,18-23,25-26,28,35-37H,4-11,14,17,24,27H2,1-3H3/t28-,35?,36+,37?/m0/s1. The predicted molar refractivity (Wildman–Crippen MR) is 182 cm³/mol. The Kier molecular flexibility index (Phi) is 14.0. The van der Waals surface area contributed by atoms with E-state index in [1.807, 2.05) is 55.5 Å². The lowest BCUT2D eigenvalue weighted by atomic mass is 9.81. The fourth-order valence-corrected chi connectivity index (χ4v) is 6.24. The van der Waals surface area contributed by atoms with Gasteiger partial charge < -0.3 is 14.2 Å². The Morgan fingerprint density at radius 1 is 0.792 bits per heavy atom. The molecule has 4 atom stereocenters. The largest absolute Gasteiger partial charge is 0.491 e. The number of benzene rings is 3. The van der Waals surface area contributed by atoms with Gasteiger partial charge in [0.2, 0.25) is 0 Å². The van der Waals surface area contributed by atoms with Crippen LogP contribution in [0, 0.1) is 5.92 Å². The number of alkyl halides is 3. The summed E-state index contributed by atoms with van der Waals surface area (Å²) in [5.41, 5.74) is 3.62. The summed E-state index contributed by atoms with van der Waals surface area (Å²) in [7, 11) is 0. The fourth-order valence-electron chi connectivity index (χ4n) is 6.24. The summed E-state index contributed by atoms with van der Waals surface area (Å²) in [6.07, 6.45) is 1.07. The second kappa shape index (κ2) is 18.1. The van der Waals surface area contributed by atoms with Crippen molar-refractivity contribution in [1.82, 2.24) is 0 Å². The minimum absolute atomic E-state index is 0.136. The first-order chi connectivity index (χ1) is 23.1. The molecule has 0 fully saturated rings. The van der Waals surface area contributed by atoms with Crippen molar-refractivity contribution < 1.29 is 37.0 Å². The number of unbranched alkanes of at least 4 members (excludes halogenated alkanes) is 6. The van der Waals surface area contributed by atoms with Crippen molar-refractivity contribution in [3.63, 3.8) is 0 Å². The maximum Gasteiger partial charge on any atom is 0.425 e. The molecule has 0 saturated carbocycles. The van der Waals surface area contributed by atoms with Gasteiger partial charge in [-0.1, -0.05) is 101 Å². The molecular weight excluding hydrogens is 617 g/mol. The second-order valence-corrected chi connectivity index (χ2v) is 12.9. The molecule has 48 heavy (non-hydrogen) atoms. The first-order valence-electron chi connectivity index (χ1n) is 17.5. The average molecular weight is 667 g/mol. The SMILES string of the molecule is CCCCCC[C@H](C)Oc1ccc(-c2ccc(C(=O)OC3c4ccccc4CCC3C(=O)O[C@H](CCCCCC)C(F)(F)F)cc2)cc1. The van der Waals surface area contributed by atoms with Crippen molar-refractivity contribution in [3.8, 4) is 16.9 Å². The molecule has 0 heterocycles.